The molecule has 1 heteroatoms. The number of rotatable bonds is 9. The van der Waals surface area contributed by atoms with Gasteiger partial charge in [0.1, 0.15) is 0 Å². The van der Waals surface area contributed by atoms with Crippen LogP contribution in [0, 0.1) is 0 Å². The van der Waals surface area contributed by atoms with E-state index in [1.54, 1.807) is 0 Å². The van der Waals surface area contributed by atoms with Crippen LogP contribution < -0.4 is 0 Å². The van der Waals surface area contributed by atoms with Crippen molar-refractivity contribution in [2.45, 2.75) is 26.4 Å². The van der Waals surface area contributed by atoms with Crippen molar-refractivity contribution in [3.05, 3.63) is 109 Å². The third-order valence-electron chi connectivity index (χ3n) is 4.77. The number of hydrogen-bond acceptors (Lipinski definition) is 1. The average molecular weight is 369 g/mol. The van der Waals surface area contributed by atoms with Gasteiger partial charge in [-0.3, -0.25) is 0 Å². The van der Waals surface area contributed by atoms with Crippen molar-refractivity contribution >= 4 is 0 Å². The average Bonchev–Trinajstić information content (AvgIpc) is 2.75. The Morgan fingerprint density at radius 2 is 1.18 bits per heavy atom. The molecule has 28 heavy (non-hydrogen) atoms. The van der Waals surface area contributed by atoms with E-state index in [1.807, 2.05) is 13.0 Å². The highest BCUT2D eigenvalue weighted by Crippen LogP contribution is 2.25. The summed E-state index contributed by atoms with van der Waals surface area (Å²) >= 11 is 0. The van der Waals surface area contributed by atoms with Gasteiger partial charge in [-0.2, -0.15) is 0 Å². The first-order chi connectivity index (χ1) is 13.8. The summed E-state index contributed by atoms with van der Waals surface area (Å²) in [5.41, 5.74) is 7.43. The summed E-state index contributed by atoms with van der Waals surface area (Å²) in [4.78, 5) is 0. The van der Waals surface area contributed by atoms with Crippen molar-refractivity contribution in [2.24, 2.45) is 0 Å². The van der Waals surface area contributed by atoms with E-state index < -0.39 is 0 Å². The smallest absolute Gasteiger partial charge is 0.0717 e. The zero-order valence-corrected chi connectivity index (χ0v) is 16.6. The molecule has 0 aliphatic rings. The van der Waals surface area contributed by atoms with E-state index in [0.29, 0.717) is 6.61 Å². The third-order valence-corrected chi connectivity index (χ3v) is 4.77. The molecule has 1 nitrogen and oxygen atoms in total. The third kappa shape index (κ3) is 5.55. The molecule has 0 N–H and O–H groups in total. The molecular weight excluding hydrogens is 340 g/mol. The van der Waals surface area contributed by atoms with Crippen LogP contribution in [0.25, 0.3) is 22.3 Å². The minimum atomic E-state index is 0.665. The maximum atomic E-state index is 5.70. The molecule has 0 unspecified atom stereocenters. The van der Waals surface area contributed by atoms with Gasteiger partial charge in [-0.1, -0.05) is 91.0 Å². The van der Waals surface area contributed by atoms with Gasteiger partial charge in [0, 0.05) is 0 Å². The molecule has 0 bridgehead atoms. The standard InChI is InChI=1S/C27H28O/c1-3-5-6-20-28-21-23-10-14-25(15-11-23)27-18-16-26(17-19-27)24-12-8-22(7-4-2)9-13-24/h3-5,8-19H,2,6-7,20-21H2,1H3. The van der Waals surface area contributed by atoms with Crippen LogP contribution >= 0.6 is 0 Å². The largest absolute Gasteiger partial charge is 0.376 e. The van der Waals surface area contributed by atoms with E-state index in [9.17, 15) is 0 Å². The SMILES string of the molecule is C=CCc1ccc(-c2ccc(-c3ccc(COCCC=CC)cc3)cc2)cc1. The molecule has 0 heterocycles. The Bertz CT molecular complexity index is 885. The highest BCUT2D eigenvalue weighted by atomic mass is 16.5. The van der Waals surface area contributed by atoms with Gasteiger partial charge in [0.15, 0.2) is 0 Å². The quantitative estimate of drug-likeness (QED) is 0.286. The fourth-order valence-electron chi connectivity index (χ4n) is 3.16. The predicted octanol–water partition coefficient (Wildman–Crippen LogP) is 7.23. The summed E-state index contributed by atoms with van der Waals surface area (Å²) in [6.45, 7) is 7.26. The van der Waals surface area contributed by atoms with Crippen LogP contribution in [0.5, 0.6) is 0 Å². The predicted molar refractivity (Wildman–Crippen MR) is 120 cm³/mol. The van der Waals surface area contributed by atoms with E-state index in [-0.39, 0.29) is 0 Å². The van der Waals surface area contributed by atoms with Crippen molar-refractivity contribution in [1.82, 2.24) is 0 Å². The Hall–Kier alpha value is -2.90. The van der Waals surface area contributed by atoms with Gasteiger partial charge in [0.05, 0.1) is 13.2 Å². The molecule has 0 fully saturated rings. The Balaban J connectivity index is 1.62. The van der Waals surface area contributed by atoms with Crippen molar-refractivity contribution in [3.63, 3.8) is 0 Å². The second-order valence-corrected chi connectivity index (χ2v) is 6.87. The van der Waals surface area contributed by atoms with E-state index in [0.717, 1.165) is 19.4 Å². The Morgan fingerprint density at radius 1 is 0.714 bits per heavy atom. The van der Waals surface area contributed by atoms with Crippen molar-refractivity contribution in [3.8, 4) is 22.3 Å². The van der Waals surface area contributed by atoms with Crippen LogP contribution in [0.15, 0.2) is 97.6 Å². The molecule has 3 rings (SSSR count). The Morgan fingerprint density at radius 3 is 1.64 bits per heavy atom. The van der Waals surface area contributed by atoms with Gasteiger partial charge in [-0.25, -0.2) is 0 Å². The second kappa shape index (κ2) is 10.4. The lowest BCUT2D eigenvalue weighted by Gasteiger charge is -2.07. The summed E-state index contributed by atoms with van der Waals surface area (Å²) < 4.78 is 5.70. The number of allylic oxidation sites excluding steroid dienone is 2. The molecule has 0 aliphatic carbocycles. The first-order valence-electron chi connectivity index (χ1n) is 9.88. The summed E-state index contributed by atoms with van der Waals surface area (Å²) in [5.74, 6) is 0. The van der Waals surface area contributed by atoms with Gasteiger partial charge < -0.3 is 4.74 Å². The number of hydrogen-bond donors (Lipinski definition) is 0. The van der Waals surface area contributed by atoms with Gasteiger partial charge in [0.25, 0.3) is 0 Å². The molecule has 3 aromatic rings. The number of benzene rings is 3. The molecule has 0 aliphatic heterocycles. The first kappa shape index (κ1) is 19.9. The minimum absolute atomic E-state index is 0.665. The molecule has 0 spiro atoms. The molecule has 0 aromatic heterocycles. The Labute approximate surface area is 169 Å². The summed E-state index contributed by atoms with van der Waals surface area (Å²) in [5, 5.41) is 0. The lowest BCUT2D eigenvalue weighted by atomic mass is 9.99. The van der Waals surface area contributed by atoms with Crippen molar-refractivity contribution in [1.29, 1.82) is 0 Å². The maximum absolute atomic E-state index is 5.70. The van der Waals surface area contributed by atoms with Crippen LogP contribution in [-0.2, 0) is 17.8 Å². The molecule has 0 saturated heterocycles. The lowest BCUT2D eigenvalue weighted by molar-refractivity contribution is 0.125. The maximum Gasteiger partial charge on any atom is 0.0717 e. The fourth-order valence-corrected chi connectivity index (χ4v) is 3.16. The second-order valence-electron chi connectivity index (χ2n) is 6.87. The molecule has 0 radical (unpaired) electrons. The zero-order valence-electron chi connectivity index (χ0n) is 16.6. The highest BCUT2D eigenvalue weighted by Gasteiger charge is 2.02. The van der Waals surface area contributed by atoms with E-state index in [4.69, 9.17) is 4.74 Å². The molecule has 0 atom stereocenters. The zero-order chi connectivity index (χ0) is 19.6. The Kier molecular flexibility index (Phi) is 7.40. The lowest BCUT2D eigenvalue weighted by Crippen LogP contribution is -1.94. The molecular formula is C27H28O. The topological polar surface area (TPSA) is 9.23 Å². The van der Waals surface area contributed by atoms with Crippen LogP contribution in [0.2, 0.25) is 0 Å². The minimum Gasteiger partial charge on any atom is -0.376 e. The summed E-state index contributed by atoms with van der Waals surface area (Å²) in [6.07, 6.45) is 8.00. The highest BCUT2D eigenvalue weighted by molar-refractivity contribution is 5.70. The van der Waals surface area contributed by atoms with Crippen molar-refractivity contribution < 1.29 is 4.74 Å². The molecule has 0 amide bonds. The van der Waals surface area contributed by atoms with E-state index in [1.165, 1.54) is 33.4 Å². The normalized spacial score (nSPS) is 11.0. The monoisotopic (exact) mass is 368 g/mol. The number of ether oxygens (including phenoxy) is 1. The first-order valence-corrected chi connectivity index (χ1v) is 9.88. The van der Waals surface area contributed by atoms with Crippen molar-refractivity contribution in [2.75, 3.05) is 6.61 Å². The molecule has 142 valence electrons. The van der Waals surface area contributed by atoms with E-state index in [2.05, 4.69) is 91.5 Å². The van der Waals surface area contributed by atoms with Gasteiger partial charge in [0.2, 0.25) is 0 Å². The fraction of sp³-hybridized carbons (Fsp3) is 0.185. The molecule has 0 saturated carbocycles. The van der Waals surface area contributed by atoms with E-state index >= 15 is 0 Å². The van der Waals surface area contributed by atoms with Crippen LogP contribution in [0.3, 0.4) is 0 Å². The van der Waals surface area contributed by atoms with Gasteiger partial charge in [-0.05, 0) is 53.1 Å². The molecule has 3 aromatic carbocycles. The summed E-state index contributed by atoms with van der Waals surface area (Å²) in [7, 11) is 0. The van der Waals surface area contributed by atoms with Crippen LogP contribution in [-0.4, -0.2) is 6.61 Å². The van der Waals surface area contributed by atoms with Crippen LogP contribution in [0.1, 0.15) is 24.5 Å². The van der Waals surface area contributed by atoms with Gasteiger partial charge >= 0.3 is 0 Å². The van der Waals surface area contributed by atoms with Crippen LogP contribution in [0.4, 0.5) is 0 Å². The van der Waals surface area contributed by atoms with Gasteiger partial charge in [-0.15, -0.1) is 6.58 Å². The summed E-state index contributed by atoms with van der Waals surface area (Å²) in [6, 6.07) is 26.1.